The number of anilines is 1. The first kappa shape index (κ1) is 17.8. The summed E-state index contributed by atoms with van der Waals surface area (Å²) in [5.74, 6) is -3.20. The molecule has 1 fully saturated rings. The number of aliphatic imine (C=N–C) groups is 1. The maximum Gasteiger partial charge on any atom is 0.331 e. The Hall–Kier alpha value is -3.22. The summed E-state index contributed by atoms with van der Waals surface area (Å²) >= 11 is 0. The van der Waals surface area contributed by atoms with E-state index in [1.54, 1.807) is 24.3 Å². The molecule has 5 rings (SSSR count). The number of benzene rings is 2. The average Bonchev–Trinajstić information content (AvgIpc) is 3.47. The summed E-state index contributed by atoms with van der Waals surface area (Å²) in [6, 6.07) is 11.1. The Morgan fingerprint density at radius 2 is 1.72 bits per heavy atom. The van der Waals surface area contributed by atoms with Gasteiger partial charge in [0.25, 0.3) is 0 Å². The highest BCUT2D eigenvalue weighted by Gasteiger charge is 2.38. The second-order valence-electron chi connectivity index (χ2n) is 7.31. The highest BCUT2D eigenvalue weighted by molar-refractivity contribution is 6.08. The summed E-state index contributed by atoms with van der Waals surface area (Å²) < 4.78 is 43.4. The Balaban J connectivity index is 1.56. The van der Waals surface area contributed by atoms with Gasteiger partial charge in [-0.3, -0.25) is 4.99 Å². The van der Waals surface area contributed by atoms with Crippen LogP contribution in [0.25, 0.3) is 10.9 Å². The standard InChI is InChI=1S/C22H17F3N4/c23-16-9-7-15(8-10-16)22(24,25)21-27-18-4-2-1-3-17(18)20(29-21)28-19-11-14(12-26-19)13-5-6-13/h1-4,7-11,13H,5-6,12H2,(H,26,27,28,29). The Morgan fingerprint density at radius 1 is 0.966 bits per heavy atom. The Bertz CT molecular complexity index is 1150. The average molecular weight is 394 g/mol. The van der Waals surface area contributed by atoms with E-state index in [4.69, 9.17) is 0 Å². The summed E-state index contributed by atoms with van der Waals surface area (Å²) in [6.07, 6.45) is 4.34. The van der Waals surface area contributed by atoms with Crippen molar-refractivity contribution in [1.82, 2.24) is 9.97 Å². The second kappa shape index (κ2) is 6.69. The lowest BCUT2D eigenvalue weighted by Crippen LogP contribution is -2.21. The zero-order valence-corrected chi connectivity index (χ0v) is 15.4. The number of hydrogen-bond donors (Lipinski definition) is 1. The number of amidine groups is 1. The van der Waals surface area contributed by atoms with Gasteiger partial charge in [0.1, 0.15) is 17.5 Å². The fourth-order valence-corrected chi connectivity index (χ4v) is 3.44. The number of para-hydroxylation sites is 1. The van der Waals surface area contributed by atoms with Gasteiger partial charge < -0.3 is 5.32 Å². The monoisotopic (exact) mass is 394 g/mol. The van der Waals surface area contributed by atoms with Crippen LogP contribution in [-0.2, 0) is 5.92 Å². The van der Waals surface area contributed by atoms with Crippen LogP contribution in [0.2, 0.25) is 0 Å². The molecule has 2 aromatic carbocycles. The van der Waals surface area contributed by atoms with E-state index in [-0.39, 0.29) is 11.4 Å². The van der Waals surface area contributed by atoms with Crippen LogP contribution in [-0.4, -0.2) is 22.3 Å². The summed E-state index contributed by atoms with van der Waals surface area (Å²) in [5, 5.41) is 3.73. The Morgan fingerprint density at radius 3 is 2.48 bits per heavy atom. The minimum atomic E-state index is -3.47. The fourth-order valence-electron chi connectivity index (χ4n) is 3.44. The van der Waals surface area contributed by atoms with E-state index in [1.165, 1.54) is 18.4 Å². The largest absolute Gasteiger partial charge is 0.331 e. The molecule has 0 spiro atoms. The number of nitrogens with zero attached hydrogens (tertiary/aromatic N) is 3. The van der Waals surface area contributed by atoms with Crippen molar-refractivity contribution in [2.75, 3.05) is 11.9 Å². The molecule has 0 atom stereocenters. The predicted octanol–water partition coefficient (Wildman–Crippen LogP) is 5.07. The summed E-state index contributed by atoms with van der Waals surface area (Å²) in [4.78, 5) is 12.7. The third-order valence-corrected chi connectivity index (χ3v) is 5.19. The molecule has 7 heteroatoms. The third kappa shape index (κ3) is 3.37. The van der Waals surface area contributed by atoms with Crippen LogP contribution in [0.3, 0.4) is 0 Å². The van der Waals surface area contributed by atoms with Crippen molar-refractivity contribution in [2.45, 2.75) is 18.8 Å². The first-order valence-corrected chi connectivity index (χ1v) is 9.44. The molecule has 3 aromatic rings. The third-order valence-electron chi connectivity index (χ3n) is 5.19. The normalized spacial score (nSPS) is 16.7. The van der Waals surface area contributed by atoms with Crippen molar-refractivity contribution >= 4 is 22.6 Å². The lowest BCUT2D eigenvalue weighted by atomic mass is 10.1. The molecule has 1 saturated carbocycles. The molecule has 4 nitrogen and oxygen atoms in total. The second-order valence-corrected chi connectivity index (χ2v) is 7.31. The number of rotatable bonds is 4. The molecule has 0 bridgehead atoms. The number of hydrogen-bond acceptors (Lipinski definition) is 4. The molecular formula is C22H17F3N4. The SMILES string of the molecule is Fc1ccc(C(F)(F)c2nc(NC3=NCC(C4CC4)=C3)c3ccccc3n2)cc1. The molecule has 2 aliphatic rings. The molecule has 1 N–H and O–H groups in total. The molecule has 2 heterocycles. The molecule has 1 aliphatic heterocycles. The lowest BCUT2D eigenvalue weighted by Gasteiger charge is -2.17. The van der Waals surface area contributed by atoms with Gasteiger partial charge in [-0.1, -0.05) is 12.1 Å². The molecule has 0 saturated heterocycles. The number of nitrogens with one attached hydrogen (secondary N) is 1. The zero-order valence-electron chi connectivity index (χ0n) is 15.4. The van der Waals surface area contributed by atoms with Crippen molar-refractivity contribution in [3.8, 4) is 0 Å². The number of aromatic nitrogens is 2. The topological polar surface area (TPSA) is 50.2 Å². The van der Waals surface area contributed by atoms with Gasteiger partial charge >= 0.3 is 5.92 Å². The van der Waals surface area contributed by atoms with Gasteiger partial charge in [-0.25, -0.2) is 14.4 Å². The summed E-state index contributed by atoms with van der Waals surface area (Å²) in [7, 11) is 0. The Kier molecular flexibility index (Phi) is 4.12. The molecule has 0 radical (unpaired) electrons. The van der Waals surface area contributed by atoms with Gasteiger partial charge in [-0.2, -0.15) is 8.78 Å². The molecule has 0 unspecified atom stereocenters. The van der Waals surface area contributed by atoms with E-state index < -0.39 is 17.6 Å². The van der Waals surface area contributed by atoms with Crippen molar-refractivity contribution in [3.63, 3.8) is 0 Å². The molecule has 29 heavy (non-hydrogen) atoms. The first-order chi connectivity index (χ1) is 14.0. The van der Waals surface area contributed by atoms with Gasteiger partial charge in [0.05, 0.1) is 12.1 Å². The van der Waals surface area contributed by atoms with Crippen molar-refractivity contribution in [2.24, 2.45) is 10.9 Å². The van der Waals surface area contributed by atoms with E-state index in [9.17, 15) is 4.39 Å². The van der Waals surface area contributed by atoms with Gasteiger partial charge in [0.2, 0.25) is 5.82 Å². The maximum absolute atomic E-state index is 15.1. The van der Waals surface area contributed by atoms with E-state index in [0.717, 1.165) is 24.3 Å². The van der Waals surface area contributed by atoms with Crippen LogP contribution in [0.5, 0.6) is 0 Å². The number of fused-ring (bicyclic) bond motifs is 1. The minimum absolute atomic E-state index is 0.277. The maximum atomic E-state index is 15.1. The molecule has 1 aromatic heterocycles. The molecule has 0 amide bonds. The van der Waals surface area contributed by atoms with Crippen LogP contribution >= 0.6 is 0 Å². The highest BCUT2D eigenvalue weighted by atomic mass is 19.3. The van der Waals surface area contributed by atoms with E-state index in [2.05, 4.69) is 20.3 Å². The van der Waals surface area contributed by atoms with Crippen molar-refractivity contribution in [1.29, 1.82) is 0 Å². The quantitative estimate of drug-likeness (QED) is 0.672. The minimum Gasteiger partial charge on any atom is -0.325 e. The Labute approximate surface area is 165 Å². The van der Waals surface area contributed by atoms with Crippen LogP contribution in [0.1, 0.15) is 24.2 Å². The van der Waals surface area contributed by atoms with Gasteiger partial charge in [-0.15, -0.1) is 0 Å². The fraction of sp³-hybridized carbons (Fsp3) is 0.227. The predicted molar refractivity (Wildman–Crippen MR) is 106 cm³/mol. The van der Waals surface area contributed by atoms with Crippen LogP contribution in [0.4, 0.5) is 19.0 Å². The summed E-state index contributed by atoms with van der Waals surface area (Å²) in [5.41, 5.74) is 1.30. The first-order valence-electron chi connectivity index (χ1n) is 9.44. The highest BCUT2D eigenvalue weighted by Crippen LogP contribution is 2.38. The number of halogens is 3. The molecule has 146 valence electrons. The van der Waals surface area contributed by atoms with Crippen LogP contribution in [0, 0.1) is 11.7 Å². The van der Waals surface area contributed by atoms with Crippen molar-refractivity contribution in [3.05, 3.63) is 77.4 Å². The van der Waals surface area contributed by atoms with Gasteiger partial charge in [0, 0.05) is 10.9 Å². The molecule has 1 aliphatic carbocycles. The zero-order chi connectivity index (χ0) is 20.0. The van der Waals surface area contributed by atoms with Crippen molar-refractivity contribution < 1.29 is 13.2 Å². The molecular weight excluding hydrogens is 377 g/mol. The van der Waals surface area contributed by atoms with Gasteiger partial charge in [-0.05, 0) is 66.8 Å². The van der Waals surface area contributed by atoms with Crippen LogP contribution < -0.4 is 5.32 Å². The summed E-state index contributed by atoms with van der Waals surface area (Å²) in [6.45, 7) is 0.634. The van der Waals surface area contributed by atoms with E-state index >= 15 is 8.78 Å². The van der Waals surface area contributed by atoms with Crippen LogP contribution in [0.15, 0.2) is 65.2 Å². The smallest absolute Gasteiger partial charge is 0.325 e. The van der Waals surface area contributed by atoms with Gasteiger partial charge in [0.15, 0.2) is 0 Å². The number of alkyl halides is 2. The van der Waals surface area contributed by atoms with E-state index in [1.807, 2.05) is 6.08 Å². The lowest BCUT2D eigenvalue weighted by molar-refractivity contribution is 0.0333. The van der Waals surface area contributed by atoms with E-state index in [0.29, 0.717) is 29.2 Å².